The van der Waals surface area contributed by atoms with Crippen molar-refractivity contribution < 1.29 is 13.2 Å². The third-order valence-corrected chi connectivity index (χ3v) is 8.17. The Balaban J connectivity index is 1.31. The summed E-state index contributed by atoms with van der Waals surface area (Å²) in [6, 6.07) is 18.6. The molecule has 0 amide bonds. The average molecular weight is 429 g/mol. The maximum atomic E-state index is 12.2. The number of rotatable bonds is 10. The predicted molar refractivity (Wildman–Crippen MR) is 121 cm³/mol. The lowest BCUT2D eigenvalue weighted by Crippen LogP contribution is -2.30. The molecule has 2 aliphatic rings. The van der Waals surface area contributed by atoms with Crippen molar-refractivity contribution in [2.75, 3.05) is 43.8 Å². The van der Waals surface area contributed by atoms with Gasteiger partial charge in [0.15, 0.2) is 0 Å². The second kappa shape index (κ2) is 8.69. The highest BCUT2D eigenvalue weighted by Gasteiger charge is 2.65. The van der Waals surface area contributed by atoms with E-state index in [-0.39, 0.29) is 17.8 Å². The highest BCUT2D eigenvalue weighted by atomic mass is 32.2. The van der Waals surface area contributed by atoms with E-state index < -0.39 is 10.0 Å². The fraction of sp³-hybridized carbons (Fsp3) is 0.500. The second-order valence-electron chi connectivity index (χ2n) is 8.84. The molecule has 1 saturated carbocycles. The Hall–Kier alpha value is -1.89. The molecule has 0 bridgehead atoms. The van der Waals surface area contributed by atoms with Gasteiger partial charge >= 0.3 is 0 Å². The van der Waals surface area contributed by atoms with E-state index in [1.807, 2.05) is 18.2 Å². The molecule has 6 heteroatoms. The molecule has 30 heavy (non-hydrogen) atoms. The largest absolute Gasteiger partial charge is 0.384 e. The summed E-state index contributed by atoms with van der Waals surface area (Å²) in [5.41, 5.74) is 3.46. The number of aryl methyl sites for hydroxylation is 1. The Morgan fingerprint density at radius 3 is 2.53 bits per heavy atom. The second-order valence-corrected chi connectivity index (χ2v) is 10.7. The third-order valence-electron chi connectivity index (χ3n) is 6.92. The van der Waals surface area contributed by atoms with Crippen molar-refractivity contribution in [2.45, 2.75) is 25.2 Å². The quantitative estimate of drug-likeness (QED) is 0.629. The molecule has 2 aromatic rings. The van der Waals surface area contributed by atoms with Gasteiger partial charge in [-0.05, 0) is 54.5 Å². The molecule has 2 aromatic carbocycles. The number of fused-ring (bicyclic) bond motifs is 1. The molecule has 1 heterocycles. The van der Waals surface area contributed by atoms with Crippen LogP contribution in [0, 0.1) is 11.8 Å². The molecule has 1 aliphatic carbocycles. The fourth-order valence-electron chi connectivity index (χ4n) is 5.07. The summed E-state index contributed by atoms with van der Waals surface area (Å²) in [6.07, 6.45) is 2.33. The van der Waals surface area contributed by atoms with Crippen LogP contribution >= 0.6 is 0 Å². The lowest BCUT2D eigenvalue weighted by atomic mass is 9.92. The fourth-order valence-corrected chi connectivity index (χ4v) is 6.04. The maximum absolute atomic E-state index is 12.2. The first-order valence-electron chi connectivity index (χ1n) is 10.8. The van der Waals surface area contributed by atoms with E-state index >= 15 is 0 Å². The number of sulfonamides is 1. The Labute approximate surface area is 180 Å². The lowest BCUT2D eigenvalue weighted by molar-refractivity contribution is 0.217. The molecular formula is C24H32N2O3S. The van der Waals surface area contributed by atoms with Crippen LogP contribution < -0.4 is 4.72 Å². The topological polar surface area (TPSA) is 58.6 Å². The highest BCUT2D eigenvalue weighted by Crippen LogP contribution is 2.63. The van der Waals surface area contributed by atoms with Crippen molar-refractivity contribution in [3.63, 3.8) is 0 Å². The number of benzene rings is 2. The van der Waals surface area contributed by atoms with Crippen LogP contribution in [0.4, 0.5) is 5.69 Å². The zero-order valence-electron chi connectivity index (χ0n) is 17.9. The van der Waals surface area contributed by atoms with Gasteiger partial charge in [-0.25, -0.2) is 8.42 Å². The van der Waals surface area contributed by atoms with Crippen molar-refractivity contribution in [2.24, 2.45) is 11.8 Å². The highest BCUT2D eigenvalue weighted by molar-refractivity contribution is 7.92. The summed E-state index contributed by atoms with van der Waals surface area (Å²) in [4.78, 5) is 2.59. The summed E-state index contributed by atoms with van der Waals surface area (Å²) >= 11 is 0. The number of likely N-dealkylation sites (tertiary alicyclic amines) is 1. The van der Waals surface area contributed by atoms with Crippen molar-refractivity contribution in [3.8, 4) is 0 Å². The predicted octanol–water partition coefficient (Wildman–Crippen LogP) is 3.53. The van der Waals surface area contributed by atoms with Crippen LogP contribution in [0.3, 0.4) is 0 Å². The SMILES string of the molecule is COCCS(=O)(=O)Nc1cccc(C2(C)C3CN(CCCc4ccccc4)CC32)c1. The molecule has 1 N–H and O–H groups in total. The van der Waals surface area contributed by atoms with Crippen LogP contribution in [-0.4, -0.2) is 52.4 Å². The molecule has 0 radical (unpaired) electrons. The molecule has 0 aromatic heterocycles. The van der Waals surface area contributed by atoms with E-state index in [1.54, 1.807) is 0 Å². The first kappa shape index (κ1) is 21.3. The number of piperidine rings is 1. The molecular weight excluding hydrogens is 396 g/mol. The summed E-state index contributed by atoms with van der Waals surface area (Å²) in [5.74, 6) is 1.29. The first-order valence-corrected chi connectivity index (χ1v) is 12.4. The van der Waals surface area contributed by atoms with Crippen LogP contribution in [0.25, 0.3) is 0 Å². The van der Waals surface area contributed by atoms with Gasteiger partial charge < -0.3 is 9.64 Å². The van der Waals surface area contributed by atoms with Gasteiger partial charge in [-0.15, -0.1) is 0 Å². The van der Waals surface area contributed by atoms with Crippen LogP contribution in [0.1, 0.15) is 24.5 Å². The number of methoxy groups -OCH3 is 1. The van der Waals surface area contributed by atoms with Crippen molar-refractivity contribution in [1.29, 1.82) is 0 Å². The van der Waals surface area contributed by atoms with Crippen LogP contribution in [0.5, 0.6) is 0 Å². The summed E-state index contributed by atoms with van der Waals surface area (Å²) in [6.45, 7) is 5.95. The van der Waals surface area contributed by atoms with E-state index in [2.05, 4.69) is 52.9 Å². The number of anilines is 1. The molecule has 5 nitrogen and oxygen atoms in total. The Morgan fingerprint density at radius 1 is 1.10 bits per heavy atom. The smallest absolute Gasteiger partial charge is 0.234 e. The van der Waals surface area contributed by atoms with Gasteiger partial charge in [0.05, 0.1) is 12.4 Å². The maximum Gasteiger partial charge on any atom is 0.234 e. The summed E-state index contributed by atoms with van der Waals surface area (Å²) in [5, 5.41) is 0. The van der Waals surface area contributed by atoms with Crippen molar-refractivity contribution in [3.05, 3.63) is 65.7 Å². The van der Waals surface area contributed by atoms with E-state index in [4.69, 9.17) is 4.74 Å². The molecule has 2 unspecified atom stereocenters. The van der Waals surface area contributed by atoms with Crippen LogP contribution in [0.15, 0.2) is 54.6 Å². The van der Waals surface area contributed by atoms with Gasteiger partial charge in [0, 0.05) is 31.3 Å². The number of hydrogen-bond donors (Lipinski definition) is 1. The van der Waals surface area contributed by atoms with E-state index in [0.29, 0.717) is 17.5 Å². The molecule has 2 atom stereocenters. The number of nitrogens with zero attached hydrogens (tertiary/aromatic N) is 1. The normalized spacial score (nSPS) is 25.8. The minimum Gasteiger partial charge on any atom is -0.384 e. The number of ether oxygens (including phenoxy) is 1. The molecule has 1 saturated heterocycles. The van der Waals surface area contributed by atoms with Gasteiger partial charge in [-0.3, -0.25) is 4.72 Å². The average Bonchev–Trinajstić information content (AvgIpc) is 3.08. The summed E-state index contributed by atoms with van der Waals surface area (Å²) < 4.78 is 31.9. The summed E-state index contributed by atoms with van der Waals surface area (Å²) in [7, 11) is -1.87. The molecule has 1 aliphatic heterocycles. The van der Waals surface area contributed by atoms with Gasteiger partial charge in [0.2, 0.25) is 10.0 Å². The van der Waals surface area contributed by atoms with Crippen molar-refractivity contribution >= 4 is 15.7 Å². The zero-order chi connectivity index (χ0) is 21.2. The third kappa shape index (κ3) is 4.56. The van der Waals surface area contributed by atoms with Crippen LogP contribution in [0.2, 0.25) is 0 Å². The van der Waals surface area contributed by atoms with Gasteiger partial charge in [0.1, 0.15) is 0 Å². The van der Waals surface area contributed by atoms with Gasteiger partial charge in [-0.2, -0.15) is 0 Å². The lowest BCUT2D eigenvalue weighted by Gasteiger charge is -2.25. The zero-order valence-corrected chi connectivity index (χ0v) is 18.7. The Kier molecular flexibility index (Phi) is 6.19. The first-order chi connectivity index (χ1) is 14.4. The number of nitrogens with one attached hydrogen (secondary N) is 1. The van der Waals surface area contributed by atoms with Crippen molar-refractivity contribution in [1.82, 2.24) is 4.90 Å². The molecule has 2 fully saturated rings. The van der Waals surface area contributed by atoms with E-state index in [9.17, 15) is 8.42 Å². The molecule has 0 spiro atoms. The van der Waals surface area contributed by atoms with Crippen LogP contribution in [-0.2, 0) is 26.6 Å². The Morgan fingerprint density at radius 2 is 1.83 bits per heavy atom. The Bertz CT molecular complexity index is 949. The molecule has 4 rings (SSSR count). The number of hydrogen-bond acceptors (Lipinski definition) is 4. The minimum absolute atomic E-state index is 0.0335. The van der Waals surface area contributed by atoms with E-state index in [1.165, 1.54) is 24.7 Å². The van der Waals surface area contributed by atoms with E-state index in [0.717, 1.165) is 26.1 Å². The van der Waals surface area contributed by atoms with Gasteiger partial charge in [0.25, 0.3) is 0 Å². The van der Waals surface area contributed by atoms with Gasteiger partial charge in [-0.1, -0.05) is 49.4 Å². The minimum atomic E-state index is -3.38. The monoisotopic (exact) mass is 428 g/mol. The molecule has 162 valence electrons. The standard InChI is InChI=1S/C24H32N2O3S/c1-24(20-11-6-12-21(16-20)25-30(27,28)15-14-29-2)22-17-26(18-23(22)24)13-7-10-19-8-4-3-5-9-19/h3-6,8-9,11-12,16,22-23,25H,7,10,13-15,17-18H2,1-2H3.